The first-order valence-corrected chi connectivity index (χ1v) is 12.5. The number of benzene rings is 1. The SMILES string of the molecule is CC(Cc1cccc2c1O[C@H]1C[C@H](C(C)(C)C)[C@](CO)(O[Si](C)C)[C@@H]21)C(=O)O. The lowest BCUT2D eigenvalue weighted by atomic mass is 9.69. The molecule has 1 aliphatic carbocycles. The van der Waals surface area contributed by atoms with E-state index >= 15 is 0 Å². The minimum Gasteiger partial charge on any atom is -0.489 e. The van der Waals surface area contributed by atoms with E-state index in [1.165, 1.54) is 0 Å². The average Bonchev–Trinajstić information content (AvgIpc) is 3.10. The van der Waals surface area contributed by atoms with Gasteiger partial charge in [0.1, 0.15) is 11.9 Å². The summed E-state index contributed by atoms with van der Waals surface area (Å²) in [6.07, 6.45) is 1.21. The predicted molar refractivity (Wildman–Crippen MR) is 110 cm³/mol. The third-order valence-corrected chi connectivity index (χ3v) is 7.11. The van der Waals surface area contributed by atoms with Gasteiger partial charge in [-0.05, 0) is 42.8 Å². The molecule has 0 bridgehead atoms. The number of carbonyl (C=O) groups is 1. The zero-order chi connectivity index (χ0) is 20.9. The van der Waals surface area contributed by atoms with Crippen molar-refractivity contribution >= 4 is 15.0 Å². The van der Waals surface area contributed by atoms with E-state index in [-0.39, 0.29) is 30.0 Å². The van der Waals surface area contributed by atoms with Gasteiger partial charge in [0.2, 0.25) is 9.04 Å². The second-order valence-electron chi connectivity index (χ2n) is 9.69. The van der Waals surface area contributed by atoms with Gasteiger partial charge in [0, 0.05) is 5.56 Å². The maximum Gasteiger partial charge on any atom is 0.306 e. The molecule has 1 aliphatic heterocycles. The summed E-state index contributed by atoms with van der Waals surface area (Å²) in [7, 11) is -1.05. The molecule has 5 nitrogen and oxygen atoms in total. The van der Waals surface area contributed by atoms with Crippen LogP contribution >= 0.6 is 0 Å². The molecule has 2 N–H and O–H groups in total. The second-order valence-corrected chi connectivity index (χ2v) is 11.7. The molecule has 0 amide bonds. The summed E-state index contributed by atoms with van der Waals surface area (Å²) in [6.45, 7) is 12.5. The Labute approximate surface area is 169 Å². The van der Waals surface area contributed by atoms with E-state index in [0.717, 1.165) is 23.3 Å². The molecule has 5 atom stereocenters. The van der Waals surface area contributed by atoms with E-state index < -0.39 is 26.5 Å². The number of rotatable bonds is 6. The van der Waals surface area contributed by atoms with Gasteiger partial charge in [-0.1, -0.05) is 45.9 Å². The first-order valence-electron chi connectivity index (χ1n) is 10.1. The lowest BCUT2D eigenvalue weighted by molar-refractivity contribution is -0.141. The number of aliphatic carboxylic acids is 1. The predicted octanol–water partition coefficient (Wildman–Crippen LogP) is 3.86. The lowest BCUT2D eigenvalue weighted by Crippen LogP contribution is -2.51. The molecule has 6 heteroatoms. The maximum absolute atomic E-state index is 11.3. The van der Waals surface area contributed by atoms with Crippen LogP contribution in [-0.2, 0) is 15.6 Å². The zero-order valence-electron chi connectivity index (χ0n) is 17.8. The van der Waals surface area contributed by atoms with E-state index in [0.29, 0.717) is 6.42 Å². The monoisotopic (exact) mass is 405 g/mol. The Hall–Kier alpha value is -1.37. The summed E-state index contributed by atoms with van der Waals surface area (Å²) in [5, 5.41) is 19.9. The molecule has 1 unspecified atom stereocenters. The van der Waals surface area contributed by atoms with Crippen molar-refractivity contribution in [2.45, 2.75) is 71.3 Å². The standard InChI is InChI=1S/C22H33O5Si/c1-13(20(24)25)10-14-8-7-9-15-18-16(26-19(14)15)11-17(21(2,3)4)22(18,12-23)27-28(5)6/h7-9,13,16-18,23H,10-12H2,1-6H3,(H,24,25)/t13?,16-,17+,18-,22-/m0/s1. The van der Waals surface area contributed by atoms with Crippen molar-refractivity contribution in [2.24, 2.45) is 17.3 Å². The average molecular weight is 406 g/mol. The van der Waals surface area contributed by atoms with E-state index in [4.69, 9.17) is 9.16 Å². The van der Waals surface area contributed by atoms with Gasteiger partial charge in [-0.3, -0.25) is 4.79 Å². The van der Waals surface area contributed by atoms with E-state index in [2.05, 4.69) is 39.9 Å². The minimum atomic E-state index is -1.05. The molecule has 2 aliphatic rings. The number of carboxylic acids is 1. The molecular weight excluding hydrogens is 372 g/mol. The number of hydrogen-bond acceptors (Lipinski definition) is 4. The molecular formula is C22H33O5Si. The Bertz CT molecular complexity index is 741. The van der Waals surface area contributed by atoms with Crippen LogP contribution in [0.2, 0.25) is 13.1 Å². The summed E-state index contributed by atoms with van der Waals surface area (Å²) >= 11 is 0. The smallest absolute Gasteiger partial charge is 0.306 e. The topological polar surface area (TPSA) is 76.0 Å². The van der Waals surface area contributed by atoms with E-state index in [9.17, 15) is 15.0 Å². The third kappa shape index (κ3) is 3.51. The van der Waals surface area contributed by atoms with E-state index in [1.807, 2.05) is 12.1 Å². The van der Waals surface area contributed by atoms with Crippen LogP contribution in [-0.4, -0.2) is 43.5 Å². The zero-order valence-corrected chi connectivity index (χ0v) is 18.8. The van der Waals surface area contributed by atoms with Crippen molar-refractivity contribution < 1.29 is 24.2 Å². The van der Waals surface area contributed by atoms with Crippen LogP contribution in [0.25, 0.3) is 0 Å². The number of ether oxygens (including phenoxy) is 1. The van der Waals surface area contributed by atoms with Crippen molar-refractivity contribution in [1.29, 1.82) is 0 Å². The molecule has 0 spiro atoms. The molecule has 155 valence electrons. The quantitative estimate of drug-likeness (QED) is 0.703. The van der Waals surface area contributed by atoms with Gasteiger partial charge in [0.25, 0.3) is 0 Å². The minimum absolute atomic E-state index is 0.0245. The molecule has 1 radical (unpaired) electrons. The molecule has 3 rings (SSSR count). The number of aliphatic hydroxyl groups excluding tert-OH is 1. The van der Waals surface area contributed by atoms with Crippen molar-refractivity contribution in [3.05, 3.63) is 29.3 Å². The summed E-state index contributed by atoms with van der Waals surface area (Å²) in [4.78, 5) is 11.3. The van der Waals surface area contributed by atoms with Gasteiger partial charge < -0.3 is 19.4 Å². The highest BCUT2D eigenvalue weighted by Crippen LogP contribution is 2.60. The Balaban J connectivity index is 2.06. The van der Waals surface area contributed by atoms with E-state index in [1.54, 1.807) is 6.92 Å². The second kappa shape index (κ2) is 7.47. The molecule has 1 saturated carbocycles. The van der Waals surface area contributed by atoms with Crippen LogP contribution in [0.4, 0.5) is 0 Å². The normalized spacial score (nSPS) is 30.1. The number of carboxylic acid groups (broad SMARTS) is 1. The first-order chi connectivity index (χ1) is 13.0. The Morgan fingerprint density at radius 3 is 2.61 bits per heavy atom. The summed E-state index contributed by atoms with van der Waals surface area (Å²) in [6, 6.07) is 5.99. The lowest BCUT2D eigenvalue weighted by Gasteiger charge is -2.45. The molecule has 0 aromatic heterocycles. The highest BCUT2D eigenvalue weighted by atomic mass is 28.3. The Morgan fingerprint density at radius 1 is 1.39 bits per heavy atom. The number of aliphatic hydroxyl groups is 1. The van der Waals surface area contributed by atoms with Crippen LogP contribution in [0.15, 0.2) is 18.2 Å². The largest absolute Gasteiger partial charge is 0.489 e. The van der Waals surface area contributed by atoms with Crippen molar-refractivity contribution in [3.8, 4) is 5.75 Å². The van der Waals surface area contributed by atoms with Gasteiger partial charge >= 0.3 is 5.97 Å². The fourth-order valence-corrected chi connectivity index (χ4v) is 6.34. The third-order valence-electron chi connectivity index (χ3n) is 6.32. The first kappa shape index (κ1) is 21.3. The summed E-state index contributed by atoms with van der Waals surface area (Å²) < 4.78 is 13.0. The van der Waals surface area contributed by atoms with Gasteiger partial charge in [-0.15, -0.1) is 0 Å². The molecule has 0 saturated heterocycles. The van der Waals surface area contributed by atoms with Crippen LogP contribution in [0.5, 0.6) is 5.75 Å². The van der Waals surface area contributed by atoms with Crippen LogP contribution in [0.1, 0.15) is 51.2 Å². The summed E-state index contributed by atoms with van der Waals surface area (Å²) in [5.74, 6) is -0.328. The van der Waals surface area contributed by atoms with Crippen molar-refractivity contribution in [1.82, 2.24) is 0 Å². The molecule has 1 aromatic carbocycles. The number of fused-ring (bicyclic) bond motifs is 3. The number of para-hydroxylation sites is 1. The number of hydrogen-bond donors (Lipinski definition) is 2. The van der Waals surface area contributed by atoms with Gasteiger partial charge in [0.05, 0.1) is 24.0 Å². The van der Waals surface area contributed by atoms with Crippen LogP contribution in [0, 0.1) is 17.3 Å². The van der Waals surface area contributed by atoms with Crippen LogP contribution < -0.4 is 4.74 Å². The fourth-order valence-electron chi connectivity index (χ4n) is 5.24. The Kier molecular flexibility index (Phi) is 5.69. The molecule has 1 heterocycles. The highest BCUT2D eigenvalue weighted by molar-refractivity contribution is 6.48. The molecule has 28 heavy (non-hydrogen) atoms. The van der Waals surface area contributed by atoms with Gasteiger partial charge in [-0.25, -0.2) is 0 Å². The van der Waals surface area contributed by atoms with Gasteiger partial charge in [0.15, 0.2) is 0 Å². The Morgan fingerprint density at radius 2 is 2.07 bits per heavy atom. The van der Waals surface area contributed by atoms with Gasteiger partial charge in [-0.2, -0.15) is 0 Å². The fraction of sp³-hybridized carbons (Fsp3) is 0.682. The van der Waals surface area contributed by atoms with Crippen molar-refractivity contribution in [3.63, 3.8) is 0 Å². The maximum atomic E-state index is 11.3. The molecule has 1 aromatic rings. The van der Waals surface area contributed by atoms with Crippen LogP contribution in [0.3, 0.4) is 0 Å². The summed E-state index contributed by atoms with van der Waals surface area (Å²) in [5.41, 5.74) is 1.30. The highest BCUT2D eigenvalue weighted by Gasteiger charge is 2.63. The molecule has 1 fully saturated rings. The van der Waals surface area contributed by atoms with Crippen molar-refractivity contribution in [2.75, 3.05) is 6.61 Å².